The second-order valence-electron chi connectivity index (χ2n) is 7.27. The van der Waals surface area contributed by atoms with Crippen molar-refractivity contribution in [1.82, 2.24) is 4.90 Å². The molecule has 0 bridgehead atoms. The lowest BCUT2D eigenvalue weighted by molar-refractivity contribution is -0.274. The van der Waals surface area contributed by atoms with E-state index < -0.39 is 12.0 Å². The summed E-state index contributed by atoms with van der Waals surface area (Å²) in [7, 11) is 0. The van der Waals surface area contributed by atoms with Crippen LogP contribution in [0.15, 0.2) is 24.3 Å². The van der Waals surface area contributed by atoms with Crippen molar-refractivity contribution in [1.29, 1.82) is 0 Å². The summed E-state index contributed by atoms with van der Waals surface area (Å²) < 4.78 is 51.7. The zero-order valence-corrected chi connectivity index (χ0v) is 15.1. The van der Waals surface area contributed by atoms with Gasteiger partial charge in [-0.2, -0.15) is 0 Å². The molecular formula is C18H24F3NO4. The van der Waals surface area contributed by atoms with Crippen LogP contribution in [0.5, 0.6) is 11.5 Å². The number of rotatable bonds is 4. The number of likely N-dealkylation sites (tertiary alicyclic amines) is 1. The van der Waals surface area contributed by atoms with Crippen molar-refractivity contribution < 1.29 is 32.2 Å². The molecule has 2 rings (SSSR count). The standard InChI is InChI=1S/C18H24F3NO4/c1-17(2,3)26-16(23)22-9-5-6-13(11-22)12-24-14-7-4-8-15(10-14)25-18(19,20)21/h4,7-8,10,13H,5-6,9,11-12H2,1-3H3. The lowest BCUT2D eigenvalue weighted by atomic mass is 9.99. The summed E-state index contributed by atoms with van der Waals surface area (Å²) in [6.45, 7) is 6.85. The predicted octanol–water partition coefficient (Wildman–Crippen LogP) is 4.61. The summed E-state index contributed by atoms with van der Waals surface area (Å²) in [5.41, 5.74) is -0.556. The molecule has 1 heterocycles. The monoisotopic (exact) mass is 375 g/mol. The second-order valence-corrected chi connectivity index (χ2v) is 7.27. The SMILES string of the molecule is CC(C)(C)OC(=O)N1CCCC(COc2cccc(OC(F)(F)F)c2)C1. The van der Waals surface area contributed by atoms with Crippen LogP contribution < -0.4 is 9.47 Å². The van der Waals surface area contributed by atoms with Gasteiger partial charge in [0.2, 0.25) is 0 Å². The average molecular weight is 375 g/mol. The van der Waals surface area contributed by atoms with Gasteiger partial charge in [-0.3, -0.25) is 0 Å². The van der Waals surface area contributed by atoms with Gasteiger partial charge in [0.15, 0.2) is 0 Å². The van der Waals surface area contributed by atoms with Crippen LogP contribution in [-0.2, 0) is 4.74 Å². The van der Waals surface area contributed by atoms with Crippen LogP contribution in [0.4, 0.5) is 18.0 Å². The summed E-state index contributed by atoms with van der Waals surface area (Å²) in [6, 6.07) is 5.41. The first-order valence-corrected chi connectivity index (χ1v) is 8.48. The molecular weight excluding hydrogens is 351 g/mol. The van der Waals surface area contributed by atoms with Gasteiger partial charge in [0.25, 0.3) is 0 Å². The molecule has 1 amide bonds. The van der Waals surface area contributed by atoms with Gasteiger partial charge in [0.05, 0.1) is 6.61 Å². The van der Waals surface area contributed by atoms with E-state index in [4.69, 9.17) is 9.47 Å². The van der Waals surface area contributed by atoms with Crippen LogP contribution in [-0.4, -0.2) is 42.7 Å². The van der Waals surface area contributed by atoms with Crippen LogP contribution in [0.2, 0.25) is 0 Å². The molecule has 1 atom stereocenters. The van der Waals surface area contributed by atoms with E-state index in [9.17, 15) is 18.0 Å². The van der Waals surface area contributed by atoms with Gasteiger partial charge in [0.1, 0.15) is 17.1 Å². The molecule has 146 valence electrons. The highest BCUT2D eigenvalue weighted by Gasteiger charge is 2.31. The van der Waals surface area contributed by atoms with Crippen molar-refractivity contribution in [3.8, 4) is 11.5 Å². The van der Waals surface area contributed by atoms with E-state index in [0.29, 0.717) is 25.4 Å². The highest BCUT2D eigenvalue weighted by Crippen LogP contribution is 2.27. The third kappa shape index (κ3) is 7.01. The Balaban J connectivity index is 1.87. The number of amides is 1. The lowest BCUT2D eigenvalue weighted by Crippen LogP contribution is -2.44. The average Bonchev–Trinajstić information content (AvgIpc) is 2.50. The van der Waals surface area contributed by atoms with Gasteiger partial charge in [-0.1, -0.05) is 6.07 Å². The number of halogens is 3. The molecule has 26 heavy (non-hydrogen) atoms. The molecule has 0 saturated carbocycles. The first-order chi connectivity index (χ1) is 12.0. The Morgan fingerprint density at radius 1 is 1.23 bits per heavy atom. The quantitative estimate of drug-likeness (QED) is 0.771. The van der Waals surface area contributed by atoms with E-state index in [1.54, 1.807) is 11.0 Å². The summed E-state index contributed by atoms with van der Waals surface area (Å²) >= 11 is 0. The number of carbonyl (C=O) groups excluding carboxylic acids is 1. The van der Waals surface area contributed by atoms with E-state index in [1.807, 2.05) is 20.8 Å². The van der Waals surface area contributed by atoms with E-state index >= 15 is 0 Å². The molecule has 1 aromatic carbocycles. The molecule has 8 heteroatoms. The Hall–Kier alpha value is -2.12. The largest absolute Gasteiger partial charge is 0.573 e. The Morgan fingerprint density at radius 3 is 2.58 bits per heavy atom. The molecule has 5 nitrogen and oxygen atoms in total. The van der Waals surface area contributed by atoms with E-state index in [-0.39, 0.29) is 17.8 Å². The maximum Gasteiger partial charge on any atom is 0.573 e. The summed E-state index contributed by atoms with van der Waals surface area (Å²) in [4.78, 5) is 13.8. The van der Waals surface area contributed by atoms with Crippen molar-refractivity contribution in [2.24, 2.45) is 5.92 Å². The maximum atomic E-state index is 12.3. The maximum absolute atomic E-state index is 12.3. The van der Waals surface area contributed by atoms with Crippen LogP contribution in [0.1, 0.15) is 33.6 Å². The zero-order chi connectivity index (χ0) is 19.4. The molecule has 0 radical (unpaired) electrons. The normalized spacial score (nSPS) is 18.4. The number of ether oxygens (including phenoxy) is 3. The third-order valence-electron chi connectivity index (χ3n) is 3.70. The number of alkyl halides is 3. The first-order valence-electron chi connectivity index (χ1n) is 8.48. The minimum Gasteiger partial charge on any atom is -0.493 e. The van der Waals surface area contributed by atoms with Crippen LogP contribution >= 0.6 is 0 Å². The lowest BCUT2D eigenvalue weighted by Gasteiger charge is -2.34. The summed E-state index contributed by atoms with van der Waals surface area (Å²) in [5, 5.41) is 0. The van der Waals surface area contributed by atoms with Crippen molar-refractivity contribution in [3.63, 3.8) is 0 Å². The number of hydrogen-bond acceptors (Lipinski definition) is 4. The van der Waals surface area contributed by atoms with Crippen molar-refractivity contribution in [2.45, 2.75) is 45.6 Å². The molecule has 1 aliphatic rings. The summed E-state index contributed by atoms with van der Waals surface area (Å²) in [5.74, 6) is 0.0543. The van der Waals surface area contributed by atoms with Crippen molar-refractivity contribution in [3.05, 3.63) is 24.3 Å². The number of benzene rings is 1. The zero-order valence-electron chi connectivity index (χ0n) is 15.1. The number of hydrogen-bond donors (Lipinski definition) is 0. The van der Waals surface area contributed by atoms with Gasteiger partial charge in [0, 0.05) is 25.1 Å². The van der Waals surface area contributed by atoms with Gasteiger partial charge < -0.3 is 19.1 Å². The Kier molecular flexibility index (Phi) is 6.26. The number of carbonyl (C=O) groups is 1. The van der Waals surface area contributed by atoms with Crippen LogP contribution in [0, 0.1) is 5.92 Å². The molecule has 1 aromatic rings. The number of nitrogens with zero attached hydrogens (tertiary/aromatic N) is 1. The van der Waals surface area contributed by atoms with Crippen LogP contribution in [0.25, 0.3) is 0 Å². The molecule has 1 unspecified atom stereocenters. The minimum atomic E-state index is -4.74. The van der Waals surface area contributed by atoms with Crippen molar-refractivity contribution in [2.75, 3.05) is 19.7 Å². The first kappa shape index (κ1) is 20.2. The number of piperidine rings is 1. The minimum absolute atomic E-state index is 0.0865. The molecule has 0 aliphatic carbocycles. The van der Waals surface area contributed by atoms with Gasteiger partial charge in [-0.05, 0) is 45.7 Å². The third-order valence-corrected chi connectivity index (χ3v) is 3.70. The van der Waals surface area contributed by atoms with E-state index in [2.05, 4.69) is 4.74 Å². The van der Waals surface area contributed by atoms with Crippen LogP contribution in [0.3, 0.4) is 0 Å². The predicted molar refractivity (Wildman–Crippen MR) is 89.2 cm³/mol. The molecule has 0 N–H and O–H groups in total. The Bertz CT molecular complexity index is 613. The highest BCUT2D eigenvalue weighted by atomic mass is 19.4. The topological polar surface area (TPSA) is 48.0 Å². The van der Waals surface area contributed by atoms with E-state index in [0.717, 1.165) is 12.8 Å². The molecule has 1 saturated heterocycles. The smallest absolute Gasteiger partial charge is 0.493 e. The fourth-order valence-corrected chi connectivity index (χ4v) is 2.67. The molecule has 1 fully saturated rings. The van der Waals surface area contributed by atoms with Gasteiger partial charge >= 0.3 is 12.5 Å². The Labute approximate surface area is 151 Å². The Morgan fingerprint density at radius 2 is 1.92 bits per heavy atom. The fraction of sp³-hybridized carbons (Fsp3) is 0.611. The molecule has 0 aromatic heterocycles. The van der Waals surface area contributed by atoms with Gasteiger partial charge in [-0.25, -0.2) is 4.79 Å². The van der Waals surface area contributed by atoms with Gasteiger partial charge in [-0.15, -0.1) is 13.2 Å². The molecule has 0 spiro atoms. The molecule has 1 aliphatic heterocycles. The van der Waals surface area contributed by atoms with Crippen molar-refractivity contribution >= 4 is 6.09 Å². The summed E-state index contributed by atoms with van der Waals surface area (Å²) in [6.07, 6.45) is -3.40. The van der Waals surface area contributed by atoms with E-state index in [1.165, 1.54) is 18.2 Å². The highest BCUT2D eigenvalue weighted by molar-refractivity contribution is 5.68. The fourth-order valence-electron chi connectivity index (χ4n) is 2.67. The second kappa shape index (κ2) is 8.05.